The number of nitrogens with two attached hydrogens (primary N) is 1. The average Bonchev–Trinajstić information content (AvgIpc) is 2.47. The minimum atomic E-state index is -0.432. The number of para-hydroxylation sites is 1. The van der Waals surface area contributed by atoms with E-state index in [9.17, 15) is 4.79 Å². The summed E-state index contributed by atoms with van der Waals surface area (Å²) in [6.45, 7) is 2.42. The zero-order valence-corrected chi connectivity index (χ0v) is 12.0. The van der Waals surface area contributed by atoms with Gasteiger partial charge < -0.3 is 15.6 Å². The van der Waals surface area contributed by atoms with Gasteiger partial charge in [-0.25, -0.2) is 0 Å². The van der Waals surface area contributed by atoms with E-state index in [0.717, 1.165) is 22.4 Å². The predicted molar refractivity (Wildman–Crippen MR) is 81.3 cm³/mol. The number of carbonyl (C=O) groups excluding carboxylic acids is 1. The molecule has 21 heavy (non-hydrogen) atoms. The minimum absolute atomic E-state index is 0.0900. The maximum absolute atomic E-state index is 11.1. The smallest absolute Gasteiger partial charge is 0.248 e. The summed E-state index contributed by atoms with van der Waals surface area (Å²) < 4.78 is 5.83. The van der Waals surface area contributed by atoms with E-state index in [-0.39, 0.29) is 6.61 Å². The number of hydrogen-bond donors (Lipinski definition) is 2. The number of amides is 1. The standard InChI is InChI=1S/C17H19NO3/c1-12-10-14(17(18)20)6-7-15(12)11-21-16-5-3-2-4-13(16)8-9-19/h2-7,10,19H,8-9,11H2,1H3,(H2,18,20). The van der Waals surface area contributed by atoms with Crippen molar-refractivity contribution in [3.8, 4) is 5.75 Å². The molecule has 0 saturated heterocycles. The molecule has 0 bridgehead atoms. The largest absolute Gasteiger partial charge is 0.489 e. The first-order chi connectivity index (χ1) is 10.1. The van der Waals surface area contributed by atoms with Crippen molar-refractivity contribution in [3.63, 3.8) is 0 Å². The molecule has 1 amide bonds. The van der Waals surface area contributed by atoms with E-state index in [0.29, 0.717) is 18.6 Å². The monoisotopic (exact) mass is 285 g/mol. The predicted octanol–water partition coefficient (Wildman–Crippen LogP) is 2.21. The maximum atomic E-state index is 11.1. The first-order valence-corrected chi connectivity index (χ1v) is 6.82. The van der Waals surface area contributed by atoms with Crippen LogP contribution >= 0.6 is 0 Å². The number of aliphatic hydroxyl groups is 1. The molecule has 0 aliphatic carbocycles. The van der Waals surface area contributed by atoms with E-state index in [1.807, 2.05) is 37.3 Å². The summed E-state index contributed by atoms with van der Waals surface area (Å²) >= 11 is 0. The minimum Gasteiger partial charge on any atom is -0.489 e. The molecular weight excluding hydrogens is 266 g/mol. The van der Waals surface area contributed by atoms with E-state index in [1.54, 1.807) is 12.1 Å². The number of ether oxygens (including phenoxy) is 1. The van der Waals surface area contributed by atoms with Gasteiger partial charge in [-0.05, 0) is 48.2 Å². The summed E-state index contributed by atoms with van der Waals surface area (Å²) in [7, 11) is 0. The van der Waals surface area contributed by atoms with E-state index in [4.69, 9.17) is 15.6 Å². The molecule has 0 aromatic heterocycles. The molecule has 0 aliphatic rings. The van der Waals surface area contributed by atoms with Gasteiger partial charge in [0.15, 0.2) is 0 Å². The highest BCUT2D eigenvalue weighted by Crippen LogP contribution is 2.21. The van der Waals surface area contributed by atoms with Gasteiger partial charge >= 0.3 is 0 Å². The van der Waals surface area contributed by atoms with Gasteiger partial charge in [0.2, 0.25) is 5.91 Å². The van der Waals surface area contributed by atoms with Crippen molar-refractivity contribution in [1.82, 2.24) is 0 Å². The Hall–Kier alpha value is -2.33. The zero-order chi connectivity index (χ0) is 15.2. The number of hydrogen-bond acceptors (Lipinski definition) is 3. The molecule has 0 saturated carbocycles. The fourth-order valence-electron chi connectivity index (χ4n) is 2.14. The van der Waals surface area contributed by atoms with Crippen LogP contribution in [0.3, 0.4) is 0 Å². The van der Waals surface area contributed by atoms with E-state index in [2.05, 4.69) is 0 Å². The number of aryl methyl sites for hydroxylation is 1. The van der Waals surface area contributed by atoms with Crippen molar-refractivity contribution in [3.05, 3.63) is 64.7 Å². The Morgan fingerprint density at radius 1 is 1.19 bits per heavy atom. The quantitative estimate of drug-likeness (QED) is 0.854. The Balaban J connectivity index is 2.11. The first kappa shape index (κ1) is 15.1. The van der Waals surface area contributed by atoms with Gasteiger partial charge in [-0.15, -0.1) is 0 Å². The summed E-state index contributed by atoms with van der Waals surface area (Å²) in [6, 6.07) is 13.0. The third-order valence-electron chi connectivity index (χ3n) is 3.36. The van der Waals surface area contributed by atoms with Crippen molar-refractivity contribution in [2.24, 2.45) is 5.73 Å². The van der Waals surface area contributed by atoms with Gasteiger partial charge in [-0.3, -0.25) is 4.79 Å². The molecule has 2 aromatic rings. The second kappa shape index (κ2) is 6.90. The van der Waals surface area contributed by atoms with Crippen LogP contribution in [0.5, 0.6) is 5.75 Å². The molecule has 4 heteroatoms. The Morgan fingerprint density at radius 3 is 2.62 bits per heavy atom. The molecule has 4 nitrogen and oxygen atoms in total. The Morgan fingerprint density at radius 2 is 1.95 bits per heavy atom. The maximum Gasteiger partial charge on any atom is 0.248 e. The van der Waals surface area contributed by atoms with Gasteiger partial charge in [-0.1, -0.05) is 24.3 Å². The summed E-state index contributed by atoms with van der Waals surface area (Å²) in [4.78, 5) is 11.1. The molecule has 110 valence electrons. The fourth-order valence-corrected chi connectivity index (χ4v) is 2.14. The van der Waals surface area contributed by atoms with Crippen LogP contribution in [0, 0.1) is 6.92 Å². The van der Waals surface area contributed by atoms with Crippen molar-refractivity contribution in [1.29, 1.82) is 0 Å². The van der Waals surface area contributed by atoms with E-state index in [1.165, 1.54) is 0 Å². The highest BCUT2D eigenvalue weighted by molar-refractivity contribution is 5.93. The molecule has 3 N–H and O–H groups in total. The molecule has 0 aliphatic heterocycles. The lowest BCUT2D eigenvalue weighted by atomic mass is 10.1. The third-order valence-corrected chi connectivity index (χ3v) is 3.36. The number of carbonyl (C=O) groups is 1. The number of primary amides is 1. The van der Waals surface area contributed by atoms with Crippen LogP contribution < -0.4 is 10.5 Å². The molecule has 0 heterocycles. The molecular formula is C17H19NO3. The number of aliphatic hydroxyl groups excluding tert-OH is 1. The van der Waals surface area contributed by atoms with Crippen LogP contribution in [0.15, 0.2) is 42.5 Å². The lowest BCUT2D eigenvalue weighted by Gasteiger charge is -2.12. The zero-order valence-electron chi connectivity index (χ0n) is 12.0. The Bertz CT molecular complexity index is 638. The highest BCUT2D eigenvalue weighted by Gasteiger charge is 2.07. The first-order valence-electron chi connectivity index (χ1n) is 6.82. The van der Waals surface area contributed by atoms with Crippen LogP contribution in [-0.2, 0) is 13.0 Å². The molecule has 0 fully saturated rings. The highest BCUT2D eigenvalue weighted by atomic mass is 16.5. The lowest BCUT2D eigenvalue weighted by Crippen LogP contribution is -2.11. The number of benzene rings is 2. The molecule has 0 unspecified atom stereocenters. The Labute approximate surface area is 124 Å². The van der Waals surface area contributed by atoms with E-state index < -0.39 is 5.91 Å². The van der Waals surface area contributed by atoms with Crippen molar-refractivity contribution >= 4 is 5.91 Å². The van der Waals surface area contributed by atoms with Crippen LogP contribution in [0.2, 0.25) is 0 Å². The van der Waals surface area contributed by atoms with Gasteiger partial charge in [-0.2, -0.15) is 0 Å². The van der Waals surface area contributed by atoms with Crippen molar-refractivity contribution in [2.45, 2.75) is 20.0 Å². The van der Waals surface area contributed by atoms with Crippen LogP contribution in [-0.4, -0.2) is 17.6 Å². The van der Waals surface area contributed by atoms with Crippen molar-refractivity contribution in [2.75, 3.05) is 6.61 Å². The number of rotatable bonds is 6. The van der Waals surface area contributed by atoms with Gasteiger partial charge in [0.05, 0.1) is 0 Å². The molecule has 2 aromatic carbocycles. The summed E-state index contributed by atoms with van der Waals surface area (Å²) in [5.74, 6) is 0.337. The molecule has 0 radical (unpaired) electrons. The topological polar surface area (TPSA) is 72.6 Å². The van der Waals surface area contributed by atoms with Crippen LogP contribution in [0.1, 0.15) is 27.0 Å². The second-order valence-electron chi connectivity index (χ2n) is 4.88. The van der Waals surface area contributed by atoms with Crippen LogP contribution in [0.25, 0.3) is 0 Å². The fraction of sp³-hybridized carbons (Fsp3) is 0.235. The van der Waals surface area contributed by atoms with Crippen molar-refractivity contribution < 1.29 is 14.6 Å². The van der Waals surface area contributed by atoms with Gasteiger partial charge in [0.25, 0.3) is 0 Å². The normalized spacial score (nSPS) is 10.4. The van der Waals surface area contributed by atoms with Gasteiger partial charge in [0, 0.05) is 12.2 Å². The molecule has 0 atom stereocenters. The summed E-state index contributed by atoms with van der Waals surface area (Å²) in [6.07, 6.45) is 0.565. The SMILES string of the molecule is Cc1cc(C(N)=O)ccc1COc1ccccc1CCO. The summed E-state index contributed by atoms with van der Waals surface area (Å²) in [5, 5.41) is 9.06. The second-order valence-corrected chi connectivity index (χ2v) is 4.88. The average molecular weight is 285 g/mol. The van der Waals surface area contributed by atoms with Crippen LogP contribution in [0.4, 0.5) is 0 Å². The lowest BCUT2D eigenvalue weighted by molar-refractivity contribution is 0.1000. The summed E-state index contributed by atoms with van der Waals surface area (Å²) in [5.41, 5.74) is 8.70. The Kier molecular flexibility index (Phi) is 4.95. The molecule has 0 spiro atoms. The molecule has 2 rings (SSSR count). The van der Waals surface area contributed by atoms with Gasteiger partial charge in [0.1, 0.15) is 12.4 Å². The third kappa shape index (κ3) is 3.83. The van der Waals surface area contributed by atoms with E-state index >= 15 is 0 Å².